The third-order valence-corrected chi connectivity index (χ3v) is 6.69. The van der Waals surface area contributed by atoms with Gasteiger partial charge >= 0.3 is 0 Å². The Morgan fingerprint density at radius 2 is 1.62 bits per heavy atom. The van der Waals surface area contributed by atoms with E-state index in [1.165, 1.54) is 36.4 Å². The van der Waals surface area contributed by atoms with E-state index < -0.39 is 22.5 Å². The van der Waals surface area contributed by atoms with E-state index in [1.54, 1.807) is 42.5 Å². The molecule has 0 saturated heterocycles. The molecule has 32 heavy (non-hydrogen) atoms. The number of sulfonamides is 1. The zero-order valence-corrected chi connectivity index (χ0v) is 18.1. The van der Waals surface area contributed by atoms with Crippen molar-refractivity contribution in [2.24, 2.45) is 10.2 Å². The number of aromatic hydroxyl groups is 1. The number of para-hydroxylation sites is 1. The summed E-state index contributed by atoms with van der Waals surface area (Å²) in [5.74, 6) is -1.06. The van der Waals surface area contributed by atoms with Crippen molar-refractivity contribution in [2.75, 3.05) is 10.8 Å². The van der Waals surface area contributed by atoms with Gasteiger partial charge in [0.1, 0.15) is 6.54 Å². The van der Waals surface area contributed by atoms with Crippen LogP contribution in [0, 0.1) is 0 Å². The Balaban J connectivity index is 1.66. The number of carbonyl (C=O) groups is 1. The normalized spacial score (nSPS) is 11.8. The molecule has 0 aliphatic heterocycles. The molecule has 1 heterocycles. The van der Waals surface area contributed by atoms with Gasteiger partial charge in [0.15, 0.2) is 5.69 Å². The van der Waals surface area contributed by atoms with Crippen LogP contribution in [0.5, 0.6) is 5.88 Å². The third kappa shape index (κ3) is 4.34. The Hall–Kier alpha value is -3.69. The fraction of sp³-hybridized carbons (Fsp3) is 0.0455. The van der Waals surface area contributed by atoms with Gasteiger partial charge in [0.25, 0.3) is 15.9 Å². The molecule has 10 heteroatoms. The Morgan fingerprint density at radius 3 is 2.34 bits per heavy atom. The van der Waals surface area contributed by atoms with E-state index >= 15 is 0 Å². The number of anilines is 1. The first-order chi connectivity index (χ1) is 15.4. The number of nitrogens with one attached hydrogen (secondary N) is 1. The van der Waals surface area contributed by atoms with Crippen molar-refractivity contribution in [3.8, 4) is 5.88 Å². The molecule has 0 aliphatic rings. The molecule has 0 bridgehead atoms. The molecule has 4 aromatic rings. The number of aromatic amines is 1. The number of azo groups is 1. The van der Waals surface area contributed by atoms with Gasteiger partial charge in [0.05, 0.1) is 16.1 Å². The van der Waals surface area contributed by atoms with Gasteiger partial charge in [-0.2, -0.15) is 0 Å². The van der Waals surface area contributed by atoms with E-state index in [0.717, 1.165) is 4.31 Å². The number of H-pyrrole nitrogens is 1. The molecular formula is C22H17ClN4O4S. The van der Waals surface area contributed by atoms with Crippen molar-refractivity contribution in [1.82, 2.24) is 4.98 Å². The van der Waals surface area contributed by atoms with E-state index in [4.69, 9.17) is 11.6 Å². The number of halogens is 1. The van der Waals surface area contributed by atoms with Gasteiger partial charge in [-0.15, -0.1) is 10.2 Å². The maximum Gasteiger partial charge on any atom is 0.285 e. The number of fused-ring (bicyclic) bond motifs is 1. The zero-order chi connectivity index (χ0) is 22.7. The molecular weight excluding hydrogens is 452 g/mol. The first kappa shape index (κ1) is 21.5. The molecule has 0 saturated carbocycles. The van der Waals surface area contributed by atoms with E-state index in [0.29, 0.717) is 15.9 Å². The average molecular weight is 469 g/mol. The molecule has 0 fully saturated rings. The fourth-order valence-electron chi connectivity index (χ4n) is 3.12. The highest BCUT2D eigenvalue weighted by molar-refractivity contribution is 7.92. The SMILES string of the molecule is O=C(CN(c1ccc(Cl)cc1)S(=O)(=O)c1ccccc1)N=Nc1c(O)[nH]c2ccccc12. The summed E-state index contributed by atoms with van der Waals surface area (Å²) in [4.78, 5) is 15.4. The van der Waals surface area contributed by atoms with Crippen molar-refractivity contribution < 1.29 is 18.3 Å². The Morgan fingerprint density at radius 1 is 0.969 bits per heavy atom. The van der Waals surface area contributed by atoms with Crippen LogP contribution in [0.25, 0.3) is 10.9 Å². The topological polar surface area (TPSA) is 115 Å². The van der Waals surface area contributed by atoms with Gasteiger partial charge in [-0.3, -0.25) is 9.10 Å². The van der Waals surface area contributed by atoms with Crippen LogP contribution < -0.4 is 4.31 Å². The number of rotatable bonds is 6. The minimum atomic E-state index is -4.06. The summed E-state index contributed by atoms with van der Waals surface area (Å²) >= 11 is 5.93. The van der Waals surface area contributed by atoms with Crippen LogP contribution in [0.15, 0.2) is 94.0 Å². The molecule has 0 spiro atoms. The minimum absolute atomic E-state index is 0.0222. The number of aromatic nitrogens is 1. The molecule has 3 aromatic carbocycles. The van der Waals surface area contributed by atoms with Gasteiger partial charge < -0.3 is 10.1 Å². The van der Waals surface area contributed by atoms with Crippen LogP contribution in [-0.4, -0.2) is 31.0 Å². The van der Waals surface area contributed by atoms with Crippen molar-refractivity contribution >= 4 is 49.8 Å². The summed E-state index contributed by atoms with van der Waals surface area (Å²) in [5.41, 5.74) is 0.968. The number of hydrogen-bond donors (Lipinski definition) is 2. The molecule has 1 aromatic heterocycles. The molecule has 162 valence electrons. The molecule has 4 rings (SSSR count). The van der Waals surface area contributed by atoms with Crippen molar-refractivity contribution in [3.05, 3.63) is 83.9 Å². The molecule has 0 radical (unpaired) electrons. The molecule has 1 amide bonds. The number of amides is 1. The molecule has 0 unspecified atom stereocenters. The highest BCUT2D eigenvalue weighted by Crippen LogP contribution is 2.35. The Kier molecular flexibility index (Phi) is 5.93. The van der Waals surface area contributed by atoms with Crippen LogP contribution in [0.4, 0.5) is 11.4 Å². The maximum atomic E-state index is 13.2. The maximum absolute atomic E-state index is 13.2. The van der Waals surface area contributed by atoms with Crippen molar-refractivity contribution in [3.63, 3.8) is 0 Å². The lowest BCUT2D eigenvalue weighted by Crippen LogP contribution is -2.35. The van der Waals surface area contributed by atoms with Gasteiger partial charge in [-0.05, 0) is 42.5 Å². The number of nitrogens with zero attached hydrogens (tertiary/aromatic N) is 3. The lowest BCUT2D eigenvalue weighted by Gasteiger charge is -2.23. The van der Waals surface area contributed by atoms with Crippen LogP contribution in [0.1, 0.15) is 0 Å². The first-order valence-electron chi connectivity index (χ1n) is 9.44. The van der Waals surface area contributed by atoms with Crippen LogP contribution in [0.2, 0.25) is 5.02 Å². The highest BCUT2D eigenvalue weighted by atomic mass is 35.5. The molecule has 2 N–H and O–H groups in total. The van der Waals surface area contributed by atoms with Gasteiger partial charge in [0, 0.05) is 10.4 Å². The highest BCUT2D eigenvalue weighted by Gasteiger charge is 2.27. The quantitative estimate of drug-likeness (QED) is 0.386. The standard InChI is InChI=1S/C22H17ClN4O4S/c23-15-10-12-16(13-11-15)27(32(30,31)17-6-2-1-3-7-17)14-20(28)25-26-21-18-8-4-5-9-19(18)24-22(21)29/h1-13,24,29H,14H2. The first-order valence-corrected chi connectivity index (χ1v) is 11.3. The average Bonchev–Trinajstić information content (AvgIpc) is 3.12. The fourth-order valence-corrected chi connectivity index (χ4v) is 4.68. The largest absolute Gasteiger partial charge is 0.493 e. The number of benzene rings is 3. The Labute approximate surface area is 188 Å². The van der Waals surface area contributed by atoms with Crippen molar-refractivity contribution in [1.29, 1.82) is 0 Å². The monoisotopic (exact) mass is 468 g/mol. The second-order valence-corrected chi connectivity index (χ2v) is 9.06. The summed E-state index contributed by atoms with van der Waals surface area (Å²) in [6.45, 7) is -0.592. The molecule has 0 aliphatic carbocycles. The van der Waals surface area contributed by atoms with E-state index in [2.05, 4.69) is 15.2 Å². The second-order valence-electron chi connectivity index (χ2n) is 6.76. The summed E-state index contributed by atoms with van der Waals surface area (Å²) < 4.78 is 27.4. The smallest absolute Gasteiger partial charge is 0.285 e. The predicted octanol–water partition coefficient (Wildman–Crippen LogP) is 5.03. The minimum Gasteiger partial charge on any atom is -0.493 e. The molecule has 0 atom stereocenters. The summed E-state index contributed by atoms with van der Waals surface area (Å²) in [6, 6.07) is 20.8. The van der Waals surface area contributed by atoms with Crippen LogP contribution >= 0.6 is 11.6 Å². The lowest BCUT2D eigenvalue weighted by atomic mass is 10.2. The van der Waals surface area contributed by atoms with E-state index in [-0.39, 0.29) is 22.2 Å². The number of hydrogen-bond acceptors (Lipinski definition) is 5. The van der Waals surface area contributed by atoms with Crippen LogP contribution in [-0.2, 0) is 14.8 Å². The zero-order valence-electron chi connectivity index (χ0n) is 16.5. The summed E-state index contributed by atoms with van der Waals surface area (Å²) in [7, 11) is -4.06. The predicted molar refractivity (Wildman–Crippen MR) is 122 cm³/mol. The van der Waals surface area contributed by atoms with Crippen molar-refractivity contribution in [2.45, 2.75) is 4.90 Å². The van der Waals surface area contributed by atoms with Gasteiger partial charge in [-0.1, -0.05) is 48.0 Å². The second kappa shape index (κ2) is 8.81. The summed E-state index contributed by atoms with van der Waals surface area (Å²) in [6.07, 6.45) is 0. The summed E-state index contributed by atoms with van der Waals surface area (Å²) in [5, 5.41) is 18.6. The van der Waals surface area contributed by atoms with Gasteiger partial charge in [0.2, 0.25) is 5.88 Å². The van der Waals surface area contributed by atoms with E-state index in [9.17, 15) is 18.3 Å². The third-order valence-electron chi connectivity index (χ3n) is 4.65. The molecule has 8 nitrogen and oxygen atoms in total. The van der Waals surface area contributed by atoms with E-state index in [1.807, 2.05) is 0 Å². The Bertz CT molecular complexity index is 1400. The lowest BCUT2D eigenvalue weighted by molar-refractivity contribution is -0.116. The van der Waals surface area contributed by atoms with Gasteiger partial charge in [-0.25, -0.2) is 8.42 Å². The van der Waals surface area contributed by atoms with Crippen LogP contribution in [0.3, 0.4) is 0 Å². The number of carbonyl (C=O) groups excluding carboxylic acids is 1.